The number of anilines is 5. The molecule has 0 unspecified atom stereocenters. The van der Waals surface area contributed by atoms with Gasteiger partial charge < -0.3 is 10.2 Å². The maximum absolute atomic E-state index is 3.93. The molecule has 16 rings (SSSR count). The van der Waals surface area contributed by atoms with E-state index in [-0.39, 0.29) is 21.7 Å². The first kappa shape index (κ1) is 67.3. The minimum absolute atomic E-state index is 0.00720. The average Bonchev–Trinajstić information content (AvgIpc) is 1.54. The van der Waals surface area contributed by atoms with Gasteiger partial charge in [0.05, 0.1) is 10.8 Å². The van der Waals surface area contributed by atoms with Gasteiger partial charge in [0, 0.05) is 41.9 Å². The fourth-order valence-electron chi connectivity index (χ4n) is 15.3. The van der Waals surface area contributed by atoms with Crippen molar-refractivity contribution in [3.8, 4) is 22.3 Å². The number of hydrogen-bond donors (Lipinski definition) is 1. The Kier molecular flexibility index (Phi) is 17.7. The highest BCUT2D eigenvalue weighted by Crippen LogP contribution is 2.63. The number of nitrogens with one attached hydrogen (secondary N) is 1. The molecular weight excluding hydrogens is 1400 g/mol. The van der Waals surface area contributed by atoms with Crippen LogP contribution in [0.5, 0.6) is 0 Å². The van der Waals surface area contributed by atoms with Crippen molar-refractivity contribution in [1.29, 1.82) is 0 Å². The van der Waals surface area contributed by atoms with Gasteiger partial charge in [0.2, 0.25) is 0 Å². The third-order valence-corrected chi connectivity index (χ3v) is 21.9. The highest BCUT2D eigenvalue weighted by Gasteiger charge is 2.52. The fourth-order valence-corrected chi connectivity index (χ4v) is 16.4. The van der Waals surface area contributed by atoms with Crippen LogP contribution in [0.15, 0.2) is 280 Å². The lowest BCUT2D eigenvalue weighted by molar-refractivity contribution is 0.585. The van der Waals surface area contributed by atoms with Gasteiger partial charge in [-0.25, -0.2) is 0 Å². The highest BCUT2D eigenvalue weighted by atomic mass is 79.9. The average molecular weight is 1480 g/mol. The Morgan fingerprint density at radius 3 is 0.798 bits per heavy atom. The molecule has 0 amide bonds. The van der Waals surface area contributed by atoms with Crippen LogP contribution < -0.4 is 10.2 Å². The normalized spacial score (nSPS) is 13.9. The number of nitrogens with zero attached hydrogens (tertiary/aromatic N) is 1. The molecule has 4 aliphatic rings. The van der Waals surface area contributed by atoms with Crippen molar-refractivity contribution in [3.05, 3.63) is 369 Å². The Balaban J connectivity index is 0.000000146. The number of halogens is 3. The summed E-state index contributed by atoms with van der Waals surface area (Å²) in [7, 11) is 0. The predicted molar refractivity (Wildman–Crippen MR) is 434 cm³/mol. The molecule has 0 aliphatic heterocycles. The zero-order valence-electron chi connectivity index (χ0n) is 58.8. The summed E-state index contributed by atoms with van der Waals surface area (Å²) in [5.74, 6) is 0. The van der Waals surface area contributed by atoms with Gasteiger partial charge in [-0.1, -0.05) is 325 Å². The summed E-state index contributed by atoms with van der Waals surface area (Å²) in [6.07, 6.45) is 9.24. The minimum atomic E-state index is -0.555. The molecule has 4 aliphatic carbocycles. The second-order valence-electron chi connectivity index (χ2n) is 31.0. The molecule has 0 radical (unpaired) electrons. The van der Waals surface area contributed by atoms with Crippen molar-refractivity contribution in [2.24, 2.45) is 0 Å². The van der Waals surface area contributed by atoms with Gasteiger partial charge in [-0.2, -0.15) is 0 Å². The molecule has 0 saturated heterocycles. The van der Waals surface area contributed by atoms with Crippen molar-refractivity contribution in [3.63, 3.8) is 0 Å². The minimum Gasteiger partial charge on any atom is -0.356 e. The third kappa shape index (κ3) is 12.5. The Labute approximate surface area is 613 Å². The van der Waals surface area contributed by atoms with Crippen LogP contribution in [0, 0.1) is 0 Å². The van der Waals surface area contributed by atoms with Gasteiger partial charge in [0.15, 0.2) is 0 Å². The SMILES string of the molecule is CC(C)(C)c1ccc2c(c1)C1(c3cc(Br)ccc3C=Cc3ccc(Br)cc31)c1cc(C(C)(C)C)ccc1-2.CC(C)(C)c1ccc2c(c1)C1(c3cc(Br)ccc3C=Cc3ccc(N(c4ccccc4)c4ccccc4)cc31)c1cc(C(C)(C)C)ccc1-2.c1ccc(Nc2ccccc2)cc1. The monoisotopic (exact) mass is 1480 g/mol. The van der Waals surface area contributed by atoms with Gasteiger partial charge in [-0.3, -0.25) is 0 Å². The number of rotatable bonds is 5. The van der Waals surface area contributed by atoms with E-state index in [1.807, 2.05) is 60.7 Å². The number of para-hydroxylation sites is 4. The van der Waals surface area contributed by atoms with Crippen LogP contribution in [0.2, 0.25) is 0 Å². The highest BCUT2D eigenvalue weighted by molar-refractivity contribution is 9.11. The second-order valence-corrected chi connectivity index (χ2v) is 33.8. The molecule has 1 N–H and O–H groups in total. The van der Waals surface area contributed by atoms with Gasteiger partial charge in [-0.15, -0.1) is 0 Å². The van der Waals surface area contributed by atoms with E-state index in [1.54, 1.807) is 0 Å². The summed E-state index contributed by atoms with van der Waals surface area (Å²) in [5, 5.41) is 3.30. The Hall–Kier alpha value is -8.84. The van der Waals surface area contributed by atoms with Crippen LogP contribution in [-0.4, -0.2) is 0 Å². The van der Waals surface area contributed by atoms with E-state index in [0.29, 0.717) is 0 Å². The maximum Gasteiger partial charge on any atom is 0.0726 e. The molecule has 2 nitrogen and oxygen atoms in total. The summed E-state index contributed by atoms with van der Waals surface area (Å²) >= 11 is 11.6. The topological polar surface area (TPSA) is 15.3 Å². The first-order chi connectivity index (χ1) is 47.3. The van der Waals surface area contributed by atoms with Crippen molar-refractivity contribution in [2.75, 3.05) is 10.2 Å². The van der Waals surface area contributed by atoms with Crippen LogP contribution in [0.25, 0.3) is 46.6 Å². The van der Waals surface area contributed by atoms with Crippen LogP contribution >= 0.6 is 47.8 Å². The van der Waals surface area contributed by atoms with Crippen LogP contribution in [0.1, 0.15) is 172 Å². The molecule has 0 aromatic heterocycles. The third-order valence-electron chi connectivity index (χ3n) is 20.4. The first-order valence-corrected chi connectivity index (χ1v) is 37.0. The van der Waals surface area contributed by atoms with Crippen molar-refractivity contribution >= 4 is 101 Å². The van der Waals surface area contributed by atoms with E-state index in [0.717, 1.165) is 41.9 Å². The Bertz CT molecular complexity index is 4850. The molecule has 0 saturated carbocycles. The van der Waals surface area contributed by atoms with Gasteiger partial charge in [-0.05, 0) is 230 Å². The number of fused-ring (bicyclic) bond motifs is 18. The van der Waals surface area contributed by atoms with Crippen molar-refractivity contribution in [2.45, 2.75) is 116 Å². The summed E-state index contributed by atoms with van der Waals surface area (Å²) in [5.41, 5.74) is 31.2. The number of hydrogen-bond acceptors (Lipinski definition) is 2. The van der Waals surface area contributed by atoms with E-state index in [9.17, 15) is 0 Å². The van der Waals surface area contributed by atoms with E-state index in [1.165, 1.54) is 111 Å². The zero-order valence-corrected chi connectivity index (χ0v) is 63.6. The van der Waals surface area contributed by atoms with Crippen molar-refractivity contribution < 1.29 is 0 Å². The quantitative estimate of drug-likeness (QED) is 0.185. The van der Waals surface area contributed by atoms with E-state index in [4.69, 9.17) is 0 Å². The van der Waals surface area contributed by atoms with Gasteiger partial charge in [0.25, 0.3) is 0 Å². The standard InChI is InChI=1S/C47H42BrN.C35H32Br2.C12H11N/c1-45(2,3)33-21-25-39-40-26-22-34(46(4,5)6)28-44(40)47(43(39)27-33)41-29-35(48)23-19-31(41)17-18-32-20-24-38(30-42(32)47)49(36-13-9-7-10-14-36)37-15-11-8-12-16-37;1-33(2,3)23-11-15-27-28-16-12-24(34(4,5)6)18-32(28)35(31(27)17-23)29-19-25(36)13-9-21(29)7-8-22-10-14-26(37)20-30(22)35;1-3-7-11(8-4-1)13-12-9-5-2-6-10-12/h7-30H,1-6H3;7-20H,1-6H3;1-10,13H. The molecule has 0 bridgehead atoms. The van der Waals surface area contributed by atoms with E-state index in [2.05, 4.69) is 372 Å². The zero-order chi connectivity index (χ0) is 69.4. The summed E-state index contributed by atoms with van der Waals surface area (Å²) in [6.45, 7) is 27.8. The molecular formula is C94H85Br3N2. The summed E-state index contributed by atoms with van der Waals surface area (Å²) in [4.78, 5) is 2.39. The van der Waals surface area contributed by atoms with Crippen LogP contribution in [-0.2, 0) is 32.5 Å². The lowest BCUT2D eigenvalue weighted by Crippen LogP contribution is -2.31. The van der Waals surface area contributed by atoms with E-state index >= 15 is 0 Å². The van der Waals surface area contributed by atoms with Crippen molar-refractivity contribution in [1.82, 2.24) is 0 Å². The van der Waals surface area contributed by atoms with Gasteiger partial charge >= 0.3 is 0 Å². The Morgan fingerprint density at radius 2 is 0.515 bits per heavy atom. The summed E-state index contributed by atoms with van der Waals surface area (Å²) < 4.78 is 3.29. The predicted octanol–water partition coefficient (Wildman–Crippen LogP) is 27.4. The summed E-state index contributed by atoms with van der Waals surface area (Å²) in [6, 6.07) is 98.1. The lowest BCUT2D eigenvalue weighted by Gasteiger charge is -2.37. The molecule has 5 heteroatoms. The molecule has 492 valence electrons. The van der Waals surface area contributed by atoms with Crippen LogP contribution in [0.4, 0.5) is 28.4 Å². The second kappa shape index (κ2) is 26.0. The van der Waals surface area contributed by atoms with Crippen LogP contribution in [0.3, 0.4) is 0 Å². The van der Waals surface area contributed by atoms with Gasteiger partial charge in [0.1, 0.15) is 0 Å². The molecule has 12 aromatic rings. The largest absolute Gasteiger partial charge is 0.356 e. The molecule has 0 heterocycles. The van der Waals surface area contributed by atoms with E-state index < -0.39 is 10.8 Å². The molecule has 12 aromatic carbocycles. The fraction of sp³-hybridized carbons (Fsp3) is 0.191. The maximum atomic E-state index is 3.93. The Morgan fingerprint density at radius 1 is 0.253 bits per heavy atom. The molecule has 0 atom stereocenters. The molecule has 99 heavy (non-hydrogen) atoms. The lowest BCUT2D eigenvalue weighted by atomic mass is 9.64. The smallest absolute Gasteiger partial charge is 0.0726 e. The molecule has 0 fully saturated rings. The first-order valence-electron chi connectivity index (χ1n) is 34.6. The number of benzene rings is 12. The molecule has 2 spiro atoms.